The molecule has 0 heterocycles. The van der Waals surface area contributed by atoms with Crippen LogP contribution in [0.4, 0.5) is 0 Å². The first kappa shape index (κ1) is 17.0. The van der Waals surface area contributed by atoms with Crippen molar-refractivity contribution in [2.45, 2.75) is 13.3 Å². The zero-order valence-electron chi connectivity index (χ0n) is 11.8. The number of halogens is 1. The van der Waals surface area contributed by atoms with Crippen LogP contribution in [0, 0.1) is 0 Å². The van der Waals surface area contributed by atoms with Crippen LogP contribution in [0.1, 0.15) is 18.9 Å². The Labute approximate surface area is 129 Å². The molecule has 1 rings (SSSR count). The maximum absolute atomic E-state index is 11.5. The van der Waals surface area contributed by atoms with Gasteiger partial charge in [0.1, 0.15) is 0 Å². The van der Waals surface area contributed by atoms with Gasteiger partial charge in [0.25, 0.3) is 0 Å². The molecule has 0 N–H and O–H groups in total. The average Bonchev–Trinajstić information content (AvgIpc) is 2.45. The summed E-state index contributed by atoms with van der Waals surface area (Å²) in [6.45, 7) is 5.40. The Morgan fingerprint density at radius 2 is 1.90 bits per heavy atom. The van der Waals surface area contributed by atoms with Crippen molar-refractivity contribution < 1.29 is 19.1 Å². The fourth-order valence-corrected chi connectivity index (χ4v) is 1.53. The number of benzene rings is 1. The van der Waals surface area contributed by atoms with Gasteiger partial charge in [-0.15, -0.1) is 0 Å². The van der Waals surface area contributed by atoms with Gasteiger partial charge >= 0.3 is 11.9 Å². The molecule has 4 nitrogen and oxygen atoms in total. The molecule has 0 fully saturated rings. The maximum atomic E-state index is 11.5. The lowest BCUT2D eigenvalue weighted by Crippen LogP contribution is -2.09. The van der Waals surface area contributed by atoms with Crippen LogP contribution in [0.5, 0.6) is 0 Å². The standard InChI is InChI=1S/C16H17ClO4/c1-12(2)16(19)21-11-5-10-20-15(18)9-8-13-6-3-4-7-14(13)17/h3-4,6-9H,1,5,10-11H2,2H3/b9-8+. The second kappa shape index (κ2) is 8.97. The molecular weight excluding hydrogens is 292 g/mol. The summed E-state index contributed by atoms with van der Waals surface area (Å²) in [6, 6.07) is 7.17. The van der Waals surface area contributed by atoms with E-state index in [4.69, 9.17) is 21.1 Å². The van der Waals surface area contributed by atoms with Gasteiger partial charge in [0, 0.05) is 23.1 Å². The van der Waals surface area contributed by atoms with E-state index in [0.29, 0.717) is 17.0 Å². The van der Waals surface area contributed by atoms with Gasteiger partial charge < -0.3 is 9.47 Å². The van der Waals surface area contributed by atoms with Crippen molar-refractivity contribution in [3.63, 3.8) is 0 Å². The van der Waals surface area contributed by atoms with Crippen molar-refractivity contribution in [2.75, 3.05) is 13.2 Å². The minimum Gasteiger partial charge on any atom is -0.462 e. The lowest BCUT2D eigenvalue weighted by molar-refractivity contribution is -0.140. The third-order valence-electron chi connectivity index (χ3n) is 2.42. The molecule has 0 aromatic heterocycles. The number of rotatable bonds is 7. The van der Waals surface area contributed by atoms with Crippen LogP contribution in [0.2, 0.25) is 5.02 Å². The number of esters is 2. The molecule has 0 spiro atoms. The molecule has 21 heavy (non-hydrogen) atoms. The summed E-state index contributed by atoms with van der Waals surface area (Å²) < 4.78 is 9.83. The van der Waals surface area contributed by atoms with Gasteiger partial charge in [-0.05, 0) is 24.6 Å². The predicted octanol–water partition coefficient (Wildman–Crippen LogP) is 3.41. The predicted molar refractivity (Wildman–Crippen MR) is 81.8 cm³/mol. The zero-order valence-corrected chi connectivity index (χ0v) is 12.6. The zero-order chi connectivity index (χ0) is 15.7. The third kappa shape index (κ3) is 6.77. The van der Waals surface area contributed by atoms with E-state index < -0.39 is 11.9 Å². The van der Waals surface area contributed by atoms with Gasteiger partial charge in [0.15, 0.2) is 0 Å². The molecule has 0 radical (unpaired) electrons. The highest BCUT2D eigenvalue weighted by Crippen LogP contribution is 2.16. The average molecular weight is 309 g/mol. The number of hydrogen-bond acceptors (Lipinski definition) is 4. The maximum Gasteiger partial charge on any atom is 0.333 e. The highest BCUT2D eigenvalue weighted by molar-refractivity contribution is 6.32. The summed E-state index contributed by atoms with van der Waals surface area (Å²) in [5, 5.41) is 0.563. The molecule has 0 aliphatic carbocycles. The quantitative estimate of drug-likeness (QED) is 0.440. The molecule has 5 heteroatoms. The number of hydrogen-bond donors (Lipinski definition) is 0. The highest BCUT2D eigenvalue weighted by atomic mass is 35.5. The van der Waals surface area contributed by atoms with Gasteiger partial charge in [-0.3, -0.25) is 0 Å². The van der Waals surface area contributed by atoms with E-state index >= 15 is 0 Å². The van der Waals surface area contributed by atoms with Crippen LogP contribution in [-0.2, 0) is 19.1 Å². The normalized spacial score (nSPS) is 10.4. The second-order valence-corrected chi connectivity index (χ2v) is 4.70. The minimum atomic E-state index is -0.471. The van der Waals surface area contributed by atoms with Crippen molar-refractivity contribution in [3.05, 3.63) is 53.1 Å². The first-order valence-corrected chi connectivity index (χ1v) is 6.80. The van der Waals surface area contributed by atoms with Gasteiger partial charge in [-0.1, -0.05) is 36.4 Å². The number of ether oxygens (including phenoxy) is 2. The Kier molecular flexibility index (Phi) is 7.26. The summed E-state index contributed by atoms with van der Waals surface area (Å²) in [5.41, 5.74) is 1.08. The minimum absolute atomic E-state index is 0.176. The fraction of sp³-hybridized carbons (Fsp3) is 0.250. The summed E-state index contributed by atoms with van der Waals surface area (Å²) in [7, 11) is 0. The molecule has 0 aliphatic heterocycles. The summed E-state index contributed by atoms with van der Waals surface area (Å²) in [4.78, 5) is 22.5. The summed E-state index contributed by atoms with van der Waals surface area (Å²) in [6.07, 6.45) is 3.33. The Morgan fingerprint density at radius 3 is 2.57 bits per heavy atom. The van der Waals surface area contributed by atoms with Crippen molar-refractivity contribution in [1.82, 2.24) is 0 Å². The molecule has 112 valence electrons. The van der Waals surface area contributed by atoms with Crippen LogP contribution in [0.25, 0.3) is 6.08 Å². The Morgan fingerprint density at radius 1 is 1.24 bits per heavy atom. The highest BCUT2D eigenvalue weighted by Gasteiger charge is 2.03. The summed E-state index contributed by atoms with van der Waals surface area (Å²) in [5.74, 6) is -0.916. The Balaban J connectivity index is 2.24. The van der Waals surface area contributed by atoms with Crippen molar-refractivity contribution >= 4 is 29.6 Å². The van der Waals surface area contributed by atoms with E-state index in [0.717, 1.165) is 5.56 Å². The molecule has 0 saturated heterocycles. The number of carbonyl (C=O) groups is 2. The third-order valence-corrected chi connectivity index (χ3v) is 2.76. The second-order valence-electron chi connectivity index (χ2n) is 4.29. The molecule has 0 aliphatic rings. The Hall–Kier alpha value is -2.07. The van der Waals surface area contributed by atoms with Crippen molar-refractivity contribution in [2.24, 2.45) is 0 Å². The van der Waals surface area contributed by atoms with Crippen molar-refractivity contribution in [1.29, 1.82) is 0 Å². The van der Waals surface area contributed by atoms with E-state index in [2.05, 4.69) is 6.58 Å². The van der Waals surface area contributed by atoms with Crippen LogP contribution >= 0.6 is 11.6 Å². The topological polar surface area (TPSA) is 52.6 Å². The van der Waals surface area contributed by atoms with Crippen molar-refractivity contribution in [3.8, 4) is 0 Å². The Bertz CT molecular complexity index is 549. The van der Waals surface area contributed by atoms with Gasteiger partial charge in [0.2, 0.25) is 0 Å². The van der Waals surface area contributed by atoms with Crippen LogP contribution in [0.3, 0.4) is 0 Å². The molecule has 0 saturated carbocycles. The molecule has 0 bridgehead atoms. The van der Waals surface area contributed by atoms with Gasteiger partial charge in [0.05, 0.1) is 13.2 Å². The smallest absolute Gasteiger partial charge is 0.333 e. The lowest BCUT2D eigenvalue weighted by atomic mass is 10.2. The lowest BCUT2D eigenvalue weighted by Gasteiger charge is -2.04. The summed E-state index contributed by atoms with van der Waals surface area (Å²) >= 11 is 5.95. The number of carbonyl (C=O) groups excluding carboxylic acids is 2. The van der Waals surface area contributed by atoms with E-state index in [9.17, 15) is 9.59 Å². The van der Waals surface area contributed by atoms with Crippen LogP contribution in [0.15, 0.2) is 42.5 Å². The molecule has 1 aromatic rings. The van der Waals surface area contributed by atoms with E-state index in [1.165, 1.54) is 6.08 Å². The van der Waals surface area contributed by atoms with Crippen LogP contribution < -0.4 is 0 Å². The van der Waals surface area contributed by atoms with Gasteiger partial charge in [-0.2, -0.15) is 0 Å². The monoisotopic (exact) mass is 308 g/mol. The SMILES string of the molecule is C=C(C)C(=O)OCCCOC(=O)/C=C/c1ccccc1Cl. The molecule has 0 amide bonds. The van der Waals surface area contributed by atoms with E-state index in [-0.39, 0.29) is 13.2 Å². The van der Waals surface area contributed by atoms with Gasteiger partial charge in [-0.25, -0.2) is 9.59 Å². The molecule has 0 unspecified atom stereocenters. The largest absolute Gasteiger partial charge is 0.462 e. The molecule has 0 atom stereocenters. The van der Waals surface area contributed by atoms with E-state index in [1.54, 1.807) is 25.1 Å². The van der Waals surface area contributed by atoms with Crippen LogP contribution in [-0.4, -0.2) is 25.2 Å². The first-order valence-electron chi connectivity index (χ1n) is 6.42. The van der Waals surface area contributed by atoms with E-state index in [1.807, 2.05) is 12.1 Å². The fourth-order valence-electron chi connectivity index (χ4n) is 1.34. The molecule has 1 aromatic carbocycles. The first-order chi connectivity index (χ1) is 10.0. The molecular formula is C16H17ClO4.